The third kappa shape index (κ3) is 6.27. The molecule has 0 aromatic rings. The predicted octanol–water partition coefficient (Wildman–Crippen LogP) is 1.57. The Morgan fingerprint density at radius 3 is 1.00 bits per heavy atom. The van der Waals surface area contributed by atoms with E-state index in [9.17, 15) is 0 Å². The van der Waals surface area contributed by atoms with Crippen LogP contribution >= 0.6 is 0 Å². The van der Waals surface area contributed by atoms with Crippen LogP contribution in [0.1, 0.15) is 27.7 Å². The smallest absolute Gasteiger partial charge is 0.351 e. The van der Waals surface area contributed by atoms with Crippen LogP contribution in [0.3, 0.4) is 0 Å². The van der Waals surface area contributed by atoms with E-state index >= 15 is 0 Å². The zero-order valence-electron chi connectivity index (χ0n) is 9.37. The molecule has 0 bridgehead atoms. The van der Waals surface area contributed by atoms with E-state index in [0.717, 1.165) is 0 Å². The summed E-state index contributed by atoms with van der Waals surface area (Å²) in [5, 5.41) is 0. The van der Waals surface area contributed by atoms with Crippen LogP contribution in [0.2, 0.25) is 0 Å². The maximum absolute atomic E-state index is 5.42. The van der Waals surface area contributed by atoms with Crippen LogP contribution in [0.5, 0.6) is 0 Å². The molecular formula is C8H20O4SiW. The Morgan fingerprint density at radius 2 is 0.857 bits per heavy atom. The van der Waals surface area contributed by atoms with Gasteiger partial charge in [-0.2, -0.15) is 0 Å². The van der Waals surface area contributed by atoms with Crippen LogP contribution in [0, 0.1) is 0 Å². The van der Waals surface area contributed by atoms with Gasteiger partial charge in [0.2, 0.25) is 0 Å². The van der Waals surface area contributed by atoms with Crippen molar-refractivity contribution in [3.63, 3.8) is 0 Å². The fourth-order valence-corrected chi connectivity index (χ4v) is 2.87. The van der Waals surface area contributed by atoms with Crippen LogP contribution in [0.4, 0.5) is 0 Å². The maximum atomic E-state index is 5.42. The van der Waals surface area contributed by atoms with Crippen LogP contribution in [-0.4, -0.2) is 35.5 Å². The van der Waals surface area contributed by atoms with Gasteiger partial charge < -0.3 is 17.7 Å². The molecule has 0 radical (unpaired) electrons. The monoisotopic (exact) mass is 392 g/mol. The van der Waals surface area contributed by atoms with Crippen LogP contribution < -0.4 is 0 Å². The molecule has 14 heavy (non-hydrogen) atoms. The predicted molar refractivity (Wildman–Crippen MR) is 52.3 cm³/mol. The number of rotatable bonds is 8. The average molecular weight is 392 g/mol. The summed E-state index contributed by atoms with van der Waals surface area (Å²) < 4.78 is 21.7. The third-order valence-electron chi connectivity index (χ3n) is 1.28. The Kier molecular flexibility index (Phi) is 12.6. The molecule has 0 atom stereocenters. The van der Waals surface area contributed by atoms with Gasteiger partial charge in [-0.25, -0.2) is 0 Å². The molecule has 0 unspecified atom stereocenters. The molecule has 0 aromatic carbocycles. The summed E-state index contributed by atoms with van der Waals surface area (Å²) in [6.07, 6.45) is 0. The molecule has 0 amide bonds. The second kappa shape index (κ2) is 10.3. The van der Waals surface area contributed by atoms with Crippen LogP contribution in [-0.2, 0) is 38.8 Å². The first kappa shape index (κ1) is 17.1. The van der Waals surface area contributed by atoms with Crippen molar-refractivity contribution in [2.45, 2.75) is 27.7 Å². The van der Waals surface area contributed by atoms with Gasteiger partial charge in [0.15, 0.2) is 0 Å². The van der Waals surface area contributed by atoms with Crippen LogP contribution in [0.25, 0.3) is 0 Å². The second-order valence-corrected chi connectivity index (χ2v) is 4.39. The Morgan fingerprint density at radius 1 is 0.643 bits per heavy atom. The zero-order valence-corrected chi connectivity index (χ0v) is 13.3. The van der Waals surface area contributed by atoms with Crippen molar-refractivity contribution in [2.24, 2.45) is 0 Å². The van der Waals surface area contributed by atoms with Gasteiger partial charge in [-0.1, -0.05) is 0 Å². The summed E-state index contributed by atoms with van der Waals surface area (Å²) in [5.41, 5.74) is 0. The first-order valence-electron chi connectivity index (χ1n) is 4.80. The molecule has 86 valence electrons. The van der Waals surface area contributed by atoms with Crippen LogP contribution in [0.15, 0.2) is 0 Å². The van der Waals surface area contributed by atoms with Gasteiger partial charge in [-0.3, -0.25) is 0 Å². The Balaban J connectivity index is 0. The third-order valence-corrected chi connectivity index (χ3v) is 3.85. The largest absolute Gasteiger partial charge is 0.679 e. The molecular weight excluding hydrogens is 372 g/mol. The summed E-state index contributed by atoms with van der Waals surface area (Å²) in [4.78, 5) is 0. The van der Waals surface area contributed by atoms with Crippen molar-refractivity contribution in [3.05, 3.63) is 0 Å². The quantitative estimate of drug-likeness (QED) is 0.588. The molecule has 0 spiro atoms. The van der Waals surface area contributed by atoms with E-state index in [0.29, 0.717) is 26.4 Å². The van der Waals surface area contributed by atoms with Crippen molar-refractivity contribution in [3.8, 4) is 0 Å². The topological polar surface area (TPSA) is 36.9 Å². The van der Waals surface area contributed by atoms with E-state index in [1.165, 1.54) is 0 Å². The first-order valence-corrected chi connectivity index (χ1v) is 6.43. The Bertz CT molecular complexity index is 96.4. The van der Waals surface area contributed by atoms with E-state index in [4.69, 9.17) is 17.7 Å². The van der Waals surface area contributed by atoms with Gasteiger partial charge in [-0.05, 0) is 27.7 Å². The van der Waals surface area contributed by atoms with Gasteiger partial charge in [-0.15, -0.1) is 0 Å². The minimum absolute atomic E-state index is 0. The van der Waals surface area contributed by atoms with Crippen molar-refractivity contribution < 1.29 is 38.8 Å². The molecule has 0 fully saturated rings. The summed E-state index contributed by atoms with van der Waals surface area (Å²) >= 11 is 0. The second-order valence-electron chi connectivity index (χ2n) is 2.23. The van der Waals surface area contributed by atoms with Gasteiger partial charge in [0, 0.05) is 47.5 Å². The minimum atomic E-state index is -2.80. The molecule has 6 heteroatoms. The molecule has 0 N–H and O–H groups in total. The van der Waals surface area contributed by atoms with Crippen molar-refractivity contribution in [2.75, 3.05) is 26.4 Å². The summed E-state index contributed by atoms with van der Waals surface area (Å²) in [6, 6.07) is 0. The molecule has 0 aliphatic rings. The fraction of sp³-hybridized carbons (Fsp3) is 1.00. The SMILES string of the molecule is CCO[Si](OCC)(OCC)OCC.[W]. The Labute approximate surface area is 102 Å². The molecule has 4 nitrogen and oxygen atoms in total. The average Bonchev–Trinajstić information content (AvgIpc) is 2.06. The number of hydrogen-bond acceptors (Lipinski definition) is 4. The Hall–Kier alpha value is 0.745. The normalized spacial score (nSPS) is 11.1. The molecule has 0 rings (SSSR count). The molecule has 0 aliphatic carbocycles. The summed E-state index contributed by atoms with van der Waals surface area (Å²) in [7, 11) is -2.80. The van der Waals surface area contributed by atoms with Crippen molar-refractivity contribution >= 4 is 9.05 Å². The molecule has 0 saturated heterocycles. The van der Waals surface area contributed by atoms with Gasteiger partial charge in [0.25, 0.3) is 0 Å². The number of hydrogen-bond donors (Lipinski definition) is 0. The van der Waals surface area contributed by atoms with E-state index in [2.05, 4.69) is 0 Å². The van der Waals surface area contributed by atoms with Crippen molar-refractivity contribution in [1.29, 1.82) is 0 Å². The van der Waals surface area contributed by atoms with E-state index < -0.39 is 9.05 Å². The minimum Gasteiger partial charge on any atom is -0.351 e. The first-order chi connectivity index (χ1) is 6.24. The molecule has 0 heterocycles. The standard InChI is InChI=1S/C8H20O4Si.W/c1-5-9-13(10-6-2,11-7-3)12-8-4;/h5-8H2,1-4H3;. The zero-order chi connectivity index (χ0) is 10.2. The van der Waals surface area contributed by atoms with Gasteiger partial charge >= 0.3 is 9.05 Å². The maximum Gasteiger partial charge on any atom is 0.679 e. The van der Waals surface area contributed by atoms with Gasteiger partial charge in [0.05, 0.1) is 0 Å². The van der Waals surface area contributed by atoms with Gasteiger partial charge in [0.1, 0.15) is 0 Å². The van der Waals surface area contributed by atoms with E-state index in [1.54, 1.807) is 0 Å². The molecule has 0 aliphatic heterocycles. The molecule has 0 saturated carbocycles. The fourth-order valence-electron chi connectivity index (χ4n) is 0.957. The van der Waals surface area contributed by atoms with Crippen molar-refractivity contribution in [1.82, 2.24) is 0 Å². The summed E-state index contributed by atoms with van der Waals surface area (Å²) in [5.74, 6) is 0. The van der Waals surface area contributed by atoms with E-state index in [-0.39, 0.29) is 21.1 Å². The van der Waals surface area contributed by atoms with E-state index in [1.807, 2.05) is 27.7 Å². The summed E-state index contributed by atoms with van der Waals surface area (Å²) in [6.45, 7) is 9.80. The molecule has 0 aromatic heterocycles.